The van der Waals surface area contributed by atoms with Crippen molar-refractivity contribution >= 4 is 29.5 Å². The number of aryl methyl sites for hydroxylation is 1. The number of aldehydes is 1. The van der Waals surface area contributed by atoms with Crippen LogP contribution in [0.4, 0.5) is 4.39 Å². The van der Waals surface area contributed by atoms with Crippen molar-refractivity contribution in [3.8, 4) is 0 Å². The Morgan fingerprint density at radius 3 is 2.47 bits per heavy atom. The number of likely N-dealkylation sites (tertiary alicyclic amines) is 2. The number of carbonyl (C=O) groups excluding carboxylic acids is 1. The number of rotatable bonds is 7. The average Bonchev–Trinajstić information content (AvgIpc) is 3.27. The number of carbonyl (C=O) groups is 1. The maximum Gasteiger partial charge on any atom is 0.151 e. The molecule has 4 rings (SSSR count). The monoisotopic (exact) mass is 478 g/mol. The minimum atomic E-state index is -0.243. The largest absolute Gasteiger partial charge is 0.373 e. The van der Waals surface area contributed by atoms with Crippen molar-refractivity contribution in [1.29, 1.82) is 0 Å². The summed E-state index contributed by atoms with van der Waals surface area (Å²) in [5.41, 5.74) is 2.89. The molecule has 2 aromatic rings. The molecule has 2 aliphatic rings. The molecule has 2 aromatic carbocycles. The van der Waals surface area contributed by atoms with Crippen molar-refractivity contribution in [2.75, 3.05) is 26.2 Å². The number of hydrogen-bond donors (Lipinski definition) is 0. The van der Waals surface area contributed by atoms with Crippen LogP contribution in [0.5, 0.6) is 0 Å². The zero-order valence-corrected chi connectivity index (χ0v) is 19.8. The Balaban J connectivity index is 1.55. The van der Waals surface area contributed by atoms with Gasteiger partial charge in [-0.2, -0.15) is 0 Å². The van der Waals surface area contributed by atoms with Crippen molar-refractivity contribution in [3.05, 3.63) is 69.0 Å². The highest BCUT2D eigenvalue weighted by Crippen LogP contribution is 2.34. The Hall–Kier alpha value is -1.50. The van der Waals surface area contributed by atoms with E-state index in [1.54, 1.807) is 12.1 Å². The van der Waals surface area contributed by atoms with Gasteiger partial charge in [-0.25, -0.2) is 4.39 Å². The molecule has 32 heavy (non-hydrogen) atoms. The third-order valence-corrected chi connectivity index (χ3v) is 7.05. The lowest BCUT2D eigenvalue weighted by molar-refractivity contribution is -0.121. The van der Waals surface area contributed by atoms with Crippen molar-refractivity contribution in [3.63, 3.8) is 0 Å². The van der Waals surface area contributed by atoms with E-state index in [0.29, 0.717) is 23.2 Å². The Kier molecular flexibility index (Phi) is 7.85. The molecule has 7 heteroatoms. The molecule has 0 N–H and O–H groups in total. The molecular formula is C25H29Cl2FN2O2. The highest BCUT2D eigenvalue weighted by molar-refractivity contribution is 6.34. The fourth-order valence-corrected chi connectivity index (χ4v) is 5.63. The molecule has 2 heterocycles. The first kappa shape index (κ1) is 23.7. The lowest BCUT2D eigenvalue weighted by Gasteiger charge is -2.43. The first-order chi connectivity index (χ1) is 15.4. The standard InChI is InChI=1S/C25H29Cl2FN2O2/c1-17-10-21(28)4-5-22(17)23-14-30(25(15-31)29-7-2-3-8-29)9-6-24(23)32-16-18-11-19(26)13-20(27)12-18/h4-5,10-13,15,23-25H,2-3,6-9,14,16H2,1H3. The van der Waals surface area contributed by atoms with Crippen LogP contribution < -0.4 is 0 Å². The third kappa shape index (κ3) is 5.52. The molecule has 0 bridgehead atoms. The average molecular weight is 479 g/mol. The van der Waals surface area contributed by atoms with E-state index in [9.17, 15) is 9.18 Å². The Bertz CT molecular complexity index is 931. The molecule has 0 aliphatic carbocycles. The van der Waals surface area contributed by atoms with Crippen LogP contribution in [0, 0.1) is 12.7 Å². The van der Waals surface area contributed by atoms with Gasteiger partial charge in [0.05, 0.1) is 12.7 Å². The molecule has 2 aliphatic heterocycles. The van der Waals surface area contributed by atoms with Crippen molar-refractivity contribution in [2.45, 2.75) is 51.0 Å². The second kappa shape index (κ2) is 10.6. The second-order valence-electron chi connectivity index (χ2n) is 8.81. The van der Waals surface area contributed by atoms with Crippen LogP contribution in [-0.4, -0.2) is 54.5 Å². The zero-order valence-electron chi connectivity index (χ0n) is 18.3. The van der Waals surface area contributed by atoms with Gasteiger partial charge in [0.25, 0.3) is 0 Å². The molecule has 0 amide bonds. The molecule has 2 fully saturated rings. The number of hydrogen-bond acceptors (Lipinski definition) is 4. The topological polar surface area (TPSA) is 32.8 Å². The lowest BCUT2D eigenvalue weighted by atomic mass is 9.85. The minimum Gasteiger partial charge on any atom is -0.373 e. The first-order valence-corrected chi connectivity index (χ1v) is 12.0. The molecule has 3 unspecified atom stereocenters. The quantitative estimate of drug-likeness (QED) is 0.496. The van der Waals surface area contributed by atoms with E-state index < -0.39 is 0 Å². The summed E-state index contributed by atoms with van der Waals surface area (Å²) in [7, 11) is 0. The predicted octanol–water partition coefficient (Wildman–Crippen LogP) is 5.44. The summed E-state index contributed by atoms with van der Waals surface area (Å²) >= 11 is 12.3. The summed E-state index contributed by atoms with van der Waals surface area (Å²) in [5, 5.41) is 1.16. The van der Waals surface area contributed by atoms with Crippen LogP contribution in [0.2, 0.25) is 10.0 Å². The fraction of sp³-hybridized carbons (Fsp3) is 0.480. The lowest BCUT2D eigenvalue weighted by Crippen LogP contribution is -2.54. The van der Waals surface area contributed by atoms with Crippen LogP contribution >= 0.6 is 23.2 Å². The molecule has 2 saturated heterocycles. The fourth-order valence-electron chi connectivity index (χ4n) is 5.06. The van der Waals surface area contributed by atoms with E-state index in [4.69, 9.17) is 27.9 Å². The maximum atomic E-state index is 13.8. The third-order valence-electron chi connectivity index (χ3n) is 6.61. The molecule has 0 spiro atoms. The summed E-state index contributed by atoms with van der Waals surface area (Å²) in [5.74, 6) is -0.211. The van der Waals surface area contributed by atoms with Crippen LogP contribution in [0.3, 0.4) is 0 Å². The van der Waals surface area contributed by atoms with E-state index in [1.165, 1.54) is 6.07 Å². The number of piperidine rings is 1. The molecule has 4 nitrogen and oxygen atoms in total. The van der Waals surface area contributed by atoms with E-state index in [2.05, 4.69) is 9.80 Å². The smallest absolute Gasteiger partial charge is 0.151 e. The van der Waals surface area contributed by atoms with Crippen LogP contribution in [0.15, 0.2) is 36.4 Å². The van der Waals surface area contributed by atoms with Gasteiger partial charge in [0, 0.05) is 42.1 Å². The zero-order chi connectivity index (χ0) is 22.7. The van der Waals surface area contributed by atoms with Gasteiger partial charge in [-0.05, 0) is 73.2 Å². The van der Waals surface area contributed by atoms with E-state index in [0.717, 1.165) is 61.9 Å². The van der Waals surface area contributed by atoms with Crippen molar-refractivity contribution in [1.82, 2.24) is 9.80 Å². The maximum absolute atomic E-state index is 13.8. The second-order valence-corrected chi connectivity index (χ2v) is 9.68. The summed E-state index contributed by atoms with van der Waals surface area (Å²) < 4.78 is 20.2. The normalized spacial score (nSPS) is 23.4. The van der Waals surface area contributed by atoms with Crippen LogP contribution in [0.1, 0.15) is 41.9 Å². The molecule has 0 saturated carbocycles. The number of benzene rings is 2. The molecule has 172 valence electrons. The van der Waals surface area contributed by atoms with Gasteiger partial charge in [-0.3, -0.25) is 9.80 Å². The summed E-state index contributed by atoms with van der Waals surface area (Å²) in [6, 6.07) is 10.4. The minimum absolute atomic E-state index is 0.0315. The summed E-state index contributed by atoms with van der Waals surface area (Å²) in [6.07, 6.45) is 3.84. The van der Waals surface area contributed by atoms with Crippen LogP contribution in [-0.2, 0) is 16.1 Å². The van der Waals surface area contributed by atoms with Gasteiger partial charge in [-0.15, -0.1) is 0 Å². The van der Waals surface area contributed by atoms with Gasteiger partial charge < -0.3 is 9.53 Å². The summed E-state index contributed by atoms with van der Waals surface area (Å²) in [4.78, 5) is 16.5. The Morgan fingerprint density at radius 1 is 1.09 bits per heavy atom. The predicted molar refractivity (Wildman–Crippen MR) is 126 cm³/mol. The summed E-state index contributed by atoms with van der Waals surface area (Å²) in [6.45, 7) is 5.70. The Labute approximate surface area is 199 Å². The molecular weight excluding hydrogens is 450 g/mol. The van der Waals surface area contributed by atoms with E-state index in [-0.39, 0.29) is 24.0 Å². The van der Waals surface area contributed by atoms with Crippen LogP contribution in [0.25, 0.3) is 0 Å². The SMILES string of the molecule is Cc1cc(F)ccc1C1CN(C(C=O)N2CCCC2)CCC1OCc1cc(Cl)cc(Cl)c1. The van der Waals surface area contributed by atoms with E-state index in [1.807, 2.05) is 25.1 Å². The van der Waals surface area contributed by atoms with Crippen molar-refractivity contribution in [2.24, 2.45) is 0 Å². The van der Waals surface area contributed by atoms with Gasteiger partial charge >= 0.3 is 0 Å². The van der Waals surface area contributed by atoms with E-state index >= 15 is 0 Å². The molecule has 0 radical (unpaired) electrons. The number of nitrogens with zero attached hydrogens (tertiary/aromatic N) is 2. The first-order valence-electron chi connectivity index (χ1n) is 11.2. The highest BCUT2D eigenvalue weighted by Gasteiger charge is 2.37. The van der Waals surface area contributed by atoms with Crippen molar-refractivity contribution < 1.29 is 13.9 Å². The van der Waals surface area contributed by atoms with Gasteiger partial charge in [0.2, 0.25) is 0 Å². The Morgan fingerprint density at radius 2 is 1.81 bits per heavy atom. The molecule has 3 atom stereocenters. The number of halogens is 3. The van der Waals surface area contributed by atoms with Gasteiger partial charge in [0.1, 0.15) is 12.0 Å². The van der Waals surface area contributed by atoms with Gasteiger partial charge in [-0.1, -0.05) is 29.3 Å². The van der Waals surface area contributed by atoms with Gasteiger partial charge in [0.15, 0.2) is 6.29 Å². The molecule has 0 aromatic heterocycles. The number of ether oxygens (including phenoxy) is 1. The highest BCUT2D eigenvalue weighted by atomic mass is 35.5.